The summed E-state index contributed by atoms with van der Waals surface area (Å²) in [7, 11) is 2.97. The summed E-state index contributed by atoms with van der Waals surface area (Å²) < 4.78 is 11.2. The summed E-state index contributed by atoms with van der Waals surface area (Å²) in [5.41, 5.74) is -0.997. The molecule has 1 aliphatic carbocycles. The molecule has 6 heteroatoms. The third-order valence-electron chi connectivity index (χ3n) is 3.79. The van der Waals surface area contributed by atoms with E-state index in [-0.39, 0.29) is 12.0 Å². The molecule has 2 N–H and O–H groups in total. The molecule has 2 unspecified atom stereocenters. The Morgan fingerprint density at radius 1 is 1.45 bits per heavy atom. The summed E-state index contributed by atoms with van der Waals surface area (Å²) in [4.78, 5) is 12.0. The minimum absolute atomic E-state index is 0.282. The third-order valence-corrected chi connectivity index (χ3v) is 4.38. The van der Waals surface area contributed by atoms with Gasteiger partial charge in [-0.15, -0.1) is 0 Å². The molecule has 5 nitrogen and oxygen atoms in total. The van der Waals surface area contributed by atoms with Crippen LogP contribution in [0.15, 0.2) is 10.5 Å². The number of aliphatic hydroxyl groups excluding tert-OH is 1. The maximum Gasteiger partial charge on any atom is 0.177 e. The van der Waals surface area contributed by atoms with E-state index in [9.17, 15) is 15.0 Å². The van der Waals surface area contributed by atoms with E-state index in [1.165, 1.54) is 21.1 Å². The quantitative estimate of drug-likeness (QED) is 0.869. The highest BCUT2D eigenvalue weighted by molar-refractivity contribution is 9.10. The zero-order valence-corrected chi connectivity index (χ0v) is 13.2. The lowest BCUT2D eigenvalue weighted by atomic mass is 9.74. The van der Waals surface area contributed by atoms with Crippen molar-refractivity contribution in [2.75, 3.05) is 14.2 Å². The number of methoxy groups -OCH3 is 2. The van der Waals surface area contributed by atoms with Crippen LogP contribution in [0.5, 0.6) is 11.5 Å². The molecule has 0 aromatic heterocycles. The van der Waals surface area contributed by atoms with Gasteiger partial charge in [0, 0.05) is 11.1 Å². The third kappa shape index (κ3) is 2.03. The highest BCUT2D eigenvalue weighted by Gasteiger charge is 2.49. The molecule has 20 heavy (non-hydrogen) atoms. The fraction of sp³-hybridized carbons (Fsp3) is 0.500. The summed E-state index contributed by atoms with van der Waals surface area (Å²) in [6.07, 6.45) is -0.385. The SMILES string of the molecule is COc1cc(Br)c(OC)c2c1CCC(O)C2(O)C(C)=O. The van der Waals surface area contributed by atoms with E-state index >= 15 is 0 Å². The van der Waals surface area contributed by atoms with Crippen molar-refractivity contribution in [3.63, 3.8) is 0 Å². The number of hydrogen-bond donors (Lipinski definition) is 2. The van der Waals surface area contributed by atoms with E-state index in [1.807, 2.05) is 0 Å². The standard InChI is InChI=1S/C14H17BrO5/c1-7(16)14(18)11(17)5-4-8-10(19-2)6-9(15)13(20-3)12(8)14/h6,11,17-18H,4-5H2,1-3H3. The smallest absolute Gasteiger partial charge is 0.177 e. The van der Waals surface area contributed by atoms with E-state index < -0.39 is 17.5 Å². The Kier molecular flexibility index (Phi) is 4.09. The summed E-state index contributed by atoms with van der Waals surface area (Å²) in [5, 5.41) is 20.9. The molecule has 0 fully saturated rings. The maximum atomic E-state index is 12.0. The number of fused-ring (bicyclic) bond motifs is 1. The molecule has 1 aliphatic rings. The van der Waals surface area contributed by atoms with Gasteiger partial charge in [-0.1, -0.05) is 0 Å². The first-order chi connectivity index (χ1) is 9.37. The van der Waals surface area contributed by atoms with Crippen LogP contribution in [0, 0.1) is 0 Å². The Morgan fingerprint density at radius 3 is 2.60 bits per heavy atom. The van der Waals surface area contributed by atoms with Gasteiger partial charge in [-0.25, -0.2) is 0 Å². The van der Waals surface area contributed by atoms with E-state index in [2.05, 4.69) is 15.9 Å². The van der Waals surface area contributed by atoms with Gasteiger partial charge >= 0.3 is 0 Å². The highest BCUT2D eigenvalue weighted by Crippen LogP contribution is 2.48. The first kappa shape index (κ1) is 15.3. The van der Waals surface area contributed by atoms with Crippen LogP contribution in [0.3, 0.4) is 0 Å². The largest absolute Gasteiger partial charge is 0.496 e. The van der Waals surface area contributed by atoms with Crippen molar-refractivity contribution >= 4 is 21.7 Å². The van der Waals surface area contributed by atoms with Crippen molar-refractivity contribution < 1.29 is 24.5 Å². The predicted octanol–water partition coefficient (Wildman–Crippen LogP) is 1.55. The Bertz CT molecular complexity index is 557. The summed E-state index contributed by atoms with van der Waals surface area (Å²) >= 11 is 3.34. The van der Waals surface area contributed by atoms with Gasteiger partial charge in [0.2, 0.25) is 0 Å². The van der Waals surface area contributed by atoms with Crippen LogP contribution in [0.2, 0.25) is 0 Å². The first-order valence-electron chi connectivity index (χ1n) is 6.23. The van der Waals surface area contributed by atoms with Crippen LogP contribution in [0.4, 0.5) is 0 Å². The molecule has 0 bridgehead atoms. The summed E-state index contributed by atoms with van der Waals surface area (Å²) in [6.45, 7) is 1.26. The Labute approximate surface area is 125 Å². The topological polar surface area (TPSA) is 76.0 Å². The van der Waals surface area contributed by atoms with E-state index in [0.717, 1.165) is 0 Å². The van der Waals surface area contributed by atoms with Gasteiger partial charge in [-0.2, -0.15) is 0 Å². The van der Waals surface area contributed by atoms with Crippen molar-refractivity contribution in [1.82, 2.24) is 0 Å². The van der Waals surface area contributed by atoms with Crippen molar-refractivity contribution in [3.05, 3.63) is 21.7 Å². The lowest BCUT2D eigenvalue weighted by molar-refractivity contribution is -0.152. The molecule has 0 saturated heterocycles. The van der Waals surface area contributed by atoms with Crippen molar-refractivity contribution in [2.45, 2.75) is 31.5 Å². The molecule has 110 valence electrons. The number of benzene rings is 1. The molecule has 0 radical (unpaired) electrons. The lowest BCUT2D eigenvalue weighted by Crippen LogP contribution is -2.49. The van der Waals surface area contributed by atoms with Crippen LogP contribution < -0.4 is 9.47 Å². The van der Waals surface area contributed by atoms with Gasteiger partial charge in [0.25, 0.3) is 0 Å². The molecule has 2 atom stereocenters. The molecule has 1 aromatic rings. The Hall–Kier alpha value is -1.11. The molecule has 1 aromatic carbocycles. The fourth-order valence-corrected chi connectivity index (χ4v) is 3.32. The van der Waals surface area contributed by atoms with Gasteiger partial charge in [-0.05, 0) is 41.8 Å². The minimum atomic E-state index is -1.98. The molecule has 0 aliphatic heterocycles. The van der Waals surface area contributed by atoms with Crippen LogP contribution in [0.1, 0.15) is 24.5 Å². The number of aliphatic hydroxyl groups is 2. The van der Waals surface area contributed by atoms with Crippen molar-refractivity contribution in [1.29, 1.82) is 0 Å². The van der Waals surface area contributed by atoms with Crippen molar-refractivity contribution in [2.24, 2.45) is 0 Å². The second-order valence-corrected chi connectivity index (χ2v) is 5.68. The first-order valence-corrected chi connectivity index (χ1v) is 7.02. The monoisotopic (exact) mass is 344 g/mol. The number of carbonyl (C=O) groups is 1. The summed E-state index contributed by atoms with van der Waals surface area (Å²) in [5.74, 6) is 0.376. The number of ether oxygens (including phenoxy) is 2. The van der Waals surface area contributed by atoms with Crippen LogP contribution >= 0.6 is 15.9 Å². The second-order valence-electron chi connectivity index (χ2n) is 4.82. The number of rotatable bonds is 3. The van der Waals surface area contributed by atoms with Gasteiger partial charge in [-0.3, -0.25) is 4.79 Å². The molecule has 0 saturated carbocycles. The number of ketones is 1. The fourth-order valence-electron chi connectivity index (χ4n) is 2.75. The zero-order chi connectivity index (χ0) is 15.1. The number of hydrogen-bond acceptors (Lipinski definition) is 5. The molecule has 0 spiro atoms. The zero-order valence-electron chi connectivity index (χ0n) is 11.6. The molecule has 0 heterocycles. The van der Waals surface area contributed by atoms with Gasteiger partial charge in [0.15, 0.2) is 11.4 Å². The highest BCUT2D eigenvalue weighted by atomic mass is 79.9. The number of Topliss-reactive ketones (excluding diaryl/α,β-unsaturated/α-hetero) is 1. The Balaban J connectivity index is 2.84. The average molecular weight is 345 g/mol. The van der Waals surface area contributed by atoms with E-state index in [0.29, 0.717) is 28.0 Å². The van der Waals surface area contributed by atoms with Crippen molar-refractivity contribution in [3.8, 4) is 11.5 Å². The number of carbonyl (C=O) groups excluding carboxylic acids is 1. The van der Waals surface area contributed by atoms with Gasteiger partial charge in [0.05, 0.1) is 24.8 Å². The van der Waals surface area contributed by atoms with E-state index in [4.69, 9.17) is 9.47 Å². The Morgan fingerprint density at radius 2 is 2.10 bits per heavy atom. The molecule has 0 amide bonds. The van der Waals surface area contributed by atoms with Crippen LogP contribution in [-0.4, -0.2) is 36.3 Å². The normalized spacial score (nSPS) is 25.0. The molecular formula is C14H17BrO5. The molecule has 2 rings (SSSR count). The second kappa shape index (κ2) is 5.35. The van der Waals surface area contributed by atoms with Gasteiger partial charge in [0.1, 0.15) is 11.5 Å². The number of halogens is 1. The predicted molar refractivity (Wildman–Crippen MR) is 76.2 cm³/mol. The lowest BCUT2D eigenvalue weighted by Gasteiger charge is -2.38. The summed E-state index contributed by atoms with van der Waals surface area (Å²) in [6, 6.07) is 1.73. The van der Waals surface area contributed by atoms with Crippen LogP contribution in [-0.2, 0) is 16.8 Å². The average Bonchev–Trinajstić information content (AvgIpc) is 2.42. The maximum absolute atomic E-state index is 12.0. The minimum Gasteiger partial charge on any atom is -0.496 e. The molecular weight excluding hydrogens is 328 g/mol. The van der Waals surface area contributed by atoms with E-state index in [1.54, 1.807) is 6.07 Å². The van der Waals surface area contributed by atoms with Crippen LogP contribution in [0.25, 0.3) is 0 Å². The van der Waals surface area contributed by atoms with Gasteiger partial charge < -0.3 is 19.7 Å².